The number of hydrogen-bond donors (Lipinski definition) is 1. The van der Waals surface area contributed by atoms with Crippen molar-refractivity contribution in [2.45, 2.75) is 115 Å². The fraction of sp³-hybridized carbons (Fsp3) is 0.444. The Labute approximate surface area is 311 Å². The van der Waals surface area contributed by atoms with Crippen LogP contribution >= 0.6 is 0 Å². The van der Waals surface area contributed by atoms with Crippen LogP contribution in [-0.4, -0.2) is 49.6 Å². The molecule has 0 aromatic heterocycles. The van der Waals surface area contributed by atoms with E-state index in [2.05, 4.69) is 60.8 Å². The standard InChI is InChI=1S/C45H57NO6/c1-2-3-4-5-6-19-30-46-42(47)29-28-40-43(49-32-37-22-13-8-14-23-37)45(51-34-39-26-17-10-18-27-39)44(50-33-38-24-15-9-16-25-38)41(52-40)35-48-31-36-20-11-7-12-21-36/h7-18,20-27,40-41,43-45H,2-6,19,28-35H2,1H3,(H,46,47)/t40-,41-,43+,44+,45-/m1/s1. The molecule has 1 heterocycles. The number of hydrogen-bond acceptors (Lipinski definition) is 6. The van der Waals surface area contributed by atoms with Gasteiger partial charge in [0.05, 0.1) is 39.1 Å². The van der Waals surface area contributed by atoms with E-state index in [9.17, 15) is 4.79 Å². The maximum absolute atomic E-state index is 13.1. The van der Waals surface area contributed by atoms with Gasteiger partial charge >= 0.3 is 0 Å². The first-order chi connectivity index (χ1) is 25.7. The van der Waals surface area contributed by atoms with Crippen LogP contribution in [0.5, 0.6) is 0 Å². The SMILES string of the molecule is CCCCCCCCNC(=O)CC[C@H]1O[C@H](COCc2ccccc2)[C@H](OCc2ccccc2)[C@H](OCc2ccccc2)[C@H]1OCc1ccccc1. The molecule has 5 rings (SSSR count). The van der Waals surface area contributed by atoms with Crippen LogP contribution in [0, 0.1) is 0 Å². The molecule has 1 saturated heterocycles. The van der Waals surface area contributed by atoms with E-state index in [1.54, 1.807) is 0 Å². The molecular formula is C45H57NO6. The Kier molecular flexibility index (Phi) is 17.4. The fourth-order valence-corrected chi connectivity index (χ4v) is 6.61. The molecule has 0 bridgehead atoms. The van der Waals surface area contributed by atoms with Gasteiger partial charge < -0.3 is 29.0 Å². The Morgan fingerprint density at radius 3 is 1.52 bits per heavy atom. The third-order valence-electron chi connectivity index (χ3n) is 9.49. The second kappa shape index (κ2) is 22.9. The molecule has 7 nitrogen and oxygen atoms in total. The van der Waals surface area contributed by atoms with Crippen molar-refractivity contribution in [3.63, 3.8) is 0 Å². The van der Waals surface area contributed by atoms with Crippen molar-refractivity contribution in [1.82, 2.24) is 5.32 Å². The van der Waals surface area contributed by atoms with E-state index in [1.807, 2.05) is 72.8 Å². The minimum absolute atomic E-state index is 0.0278. The Morgan fingerprint density at radius 2 is 1.00 bits per heavy atom. The van der Waals surface area contributed by atoms with Gasteiger partial charge in [-0.1, -0.05) is 160 Å². The van der Waals surface area contributed by atoms with Crippen molar-refractivity contribution in [3.05, 3.63) is 144 Å². The van der Waals surface area contributed by atoms with Gasteiger partial charge in [-0.15, -0.1) is 0 Å². The van der Waals surface area contributed by atoms with Crippen molar-refractivity contribution in [3.8, 4) is 0 Å². The second-order valence-electron chi connectivity index (χ2n) is 13.7. The van der Waals surface area contributed by atoms with Gasteiger partial charge in [0.1, 0.15) is 24.4 Å². The molecule has 4 aromatic rings. The molecule has 0 saturated carbocycles. The van der Waals surface area contributed by atoms with Crippen LogP contribution in [-0.2, 0) is 54.9 Å². The van der Waals surface area contributed by atoms with Crippen LogP contribution in [0.15, 0.2) is 121 Å². The summed E-state index contributed by atoms with van der Waals surface area (Å²) in [6.45, 7) is 4.80. The highest BCUT2D eigenvalue weighted by molar-refractivity contribution is 5.75. The molecule has 1 aliphatic rings. The summed E-state index contributed by atoms with van der Waals surface area (Å²) in [6.07, 6.45) is 5.53. The highest BCUT2D eigenvalue weighted by Gasteiger charge is 2.48. The molecule has 0 radical (unpaired) electrons. The minimum Gasteiger partial charge on any atom is -0.374 e. The highest BCUT2D eigenvalue weighted by Crippen LogP contribution is 2.33. The Bertz CT molecular complexity index is 1510. The molecule has 1 N–H and O–H groups in total. The predicted octanol–water partition coefficient (Wildman–Crippen LogP) is 8.98. The van der Waals surface area contributed by atoms with Gasteiger partial charge in [0.15, 0.2) is 0 Å². The summed E-state index contributed by atoms with van der Waals surface area (Å²) in [4.78, 5) is 13.1. The lowest BCUT2D eigenvalue weighted by Gasteiger charge is -2.46. The Balaban J connectivity index is 1.36. The number of ether oxygens (including phenoxy) is 5. The summed E-state index contributed by atoms with van der Waals surface area (Å²) in [5.41, 5.74) is 4.24. The molecule has 0 unspecified atom stereocenters. The summed E-state index contributed by atoms with van der Waals surface area (Å²) in [6, 6.07) is 40.6. The summed E-state index contributed by atoms with van der Waals surface area (Å²) < 4.78 is 33.6. The van der Waals surface area contributed by atoms with Crippen molar-refractivity contribution >= 4 is 5.91 Å². The zero-order valence-corrected chi connectivity index (χ0v) is 30.8. The third kappa shape index (κ3) is 13.6. The molecule has 1 fully saturated rings. The lowest BCUT2D eigenvalue weighted by molar-refractivity contribution is -0.273. The number of benzene rings is 4. The topological polar surface area (TPSA) is 75.3 Å². The van der Waals surface area contributed by atoms with E-state index in [0.717, 1.165) is 35.1 Å². The van der Waals surface area contributed by atoms with E-state index in [1.165, 1.54) is 25.7 Å². The second-order valence-corrected chi connectivity index (χ2v) is 13.7. The molecule has 5 atom stereocenters. The maximum atomic E-state index is 13.1. The lowest BCUT2D eigenvalue weighted by Crippen LogP contribution is -2.61. The number of amides is 1. The molecule has 52 heavy (non-hydrogen) atoms. The quantitative estimate of drug-likeness (QED) is 0.0776. The first-order valence-electron chi connectivity index (χ1n) is 19.2. The number of carbonyl (C=O) groups is 1. The van der Waals surface area contributed by atoms with Gasteiger partial charge in [0.2, 0.25) is 5.91 Å². The first-order valence-corrected chi connectivity index (χ1v) is 19.2. The highest BCUT2D eigenvalue weighted by atomic mass is 16.6. The Hall–Kier alpha value is -3.85. The van der Waals surface area contributed by atoms with Crippen molar-refractivity contribution in [1.29, 1.82) is 0 Å². The van der Waals surface area contributed by atoms with E-state index in [0.29, 0.717) is 52.4 Å². The number of unbranched alkanes of at least 4 members (excludes halogenated alkanes) is 5. The molecule has 1 amide bonds. The summed E-state index contributed by atoms with van der Waals surface area (Å²) >= 11 is 0. The molecule has 278 valence electrons. The fourth-order valence-electron chi connectivity index (χ4n) is 6.61. The largest absolute Gasteiger partial charge is 0.374 e. The normalized spacial score (nSPS) is 20.1. The first kappa shape index (κ1) is 39.4. The van der Waals surface area contributed by atoms with Crippen LogP contribution in [0.4, 0.5) is 0 Å². The van der Waals surface area contributed by atoms with Crippen molar-refractivity contribution in [2.75, 3.05) is 13.2 Å². The van der Waals surface area contributed by atoms with Crippen LogP contribution in [0.2, 0.25) is 0 Å². The van der Waals surface area contributed by atoms with E-state index in [-0.39, 0.29) is 5.91 Å². The predicted molar refractivity (Wildman–Crippen MR) is 205 cm³/mol. The van der Waals surface area contributed by atoms with Crippen LogP contribution in [0.1, 0.15) is 80.5 Å². The Morgan fingerprint density at radius 1 is 0.558 bits per heavy atom. The zero-order chi connectivity index (χ0) is 36.1. The average Bonchev–Trinajstić information content (AvgIpc) is 3.19. The molecular weight excluding hydrogens is 650 g/mol. The van der Waals surface area contributed by atoms with E-state index < -0.39 is 30.5 Å². The number of carbonyl (C=O) groups excluding carboxylic acids is 1. The zero-order valence-electron chi connectivity index (χ0n) is 30.8. The van der Waals surface area contributed by atoms with Gasteiger partial charge in [-0.05, 0) is 35.1 Å². The van der Waals surface area contributed by atoms with Crippen molar-refractivity contribution in [2.24, 2.45) is 0 Å². The lowest BCUT2D eigenvalue weighted by atomic mass is 9.91. The third-order valence-corrected chi connectivity index (χ3v) is 9.49. The van der Waals surface area contributed by atoms with Crippen LogP contribution in [0.25, 0.3) is 0 Å². The minimum atomic E-state index is -0.502. The molecule has 4 aromatic carbocycles. The van der Waals surface area contributed by atoms with Gasteiger partial charge in [-0.2, -0.15) is 0 Å². The van der Waals surface area contributed by atoms with Crippen molar-refractivity contribution < 1.29 is 28.5 Å². The van der Waals surface area contributed by atoms with Crippen LogP contribution in [0.3, 0.4) is 0 Å². The summed E-state index contributed by atoms with van der Waals surface area (Å²) in [7, 11) is 0. The molecule has 7 heteroatoms. The molecule has 0 spiro atoms. The van der Waals surface area contributed by atoms with Gasteiger partial charge in [0.25, 0.3) is 0 Å². The molecule has 0 aliphatic carbocycles. The summed E-state index contributed by atoms with van der Waals surface area (Å²) in [5.74, 6) is 0.0278. The van der Waals surface area contributed by atoms with Gasteiger partial charge in [0, 0.05) is 13.0 Å². The monoisotopic (exact) mass is 707 g/mol. The molecule has 1 aliphatic heterocycles. The smallest absolute Gasteiger partial charge is 0.220 e. The summed E-state index contributed by atoms with van der Waals surface area (Å²) in [5, 5.41) is 3.14. The number of rotatable bonds is 23. The number of nitrogens with one attached hydrogen (secondary N) is 1. The average molecular weight is 708 g/mol. The van der Waals surface area contributed by atoms with Crippen LogP contribution < -0.4 is 5.32 Å². The van der Waals surface area contributed by atoms with Gasteiger partial charge in [-0.25, -0.2) is 0 Å². The van der Waals surface area contributed by atoms with Gasteiger partial charge in [-0.3, -0.25) is 4.79 Å². The maximum Gasteiger partial charge on any atom is 0.220 e. The van der Waals surface area contributed by atoms with E-state index >= 15 is 0 Å². The van der Waals surface area contributed by atoms with E-state index in [4.69, 9.17) is 23.7 Å².